The summed E-state index contributed by atoms with van der Waals surface area (Å²) >= 11 is 11.9. The van der Waals surface area contributed by atoms with Crippen LogP contribution in [0, 0.1) is 0 Å². The normalized spacial score (nSPS) is 10.2. The van der Waals surface area contributed by atoms with Gasteiger partial charge >= 0.3 is 5.97 Å². The molecule has 98 valence electrons. The molecule has 0 spiro atoms. The number of nitrogens with two attached hydrogens (primary N) is 1. The summed E-state index contributed by atoms with van der Waals surface area (Å²) in [4.78, 5) is 11.8. The Morgan fingerprint density at radius 3 is 2.47 bits per heavy atom. The molecular formula is C14H11Cl2NO2. The number of hydrogen-bond donors (Lipinski definition) is 1. The number of hydrogen-bond acceptors (Lipinski definition) is 3. The number of esters is 1. The van der Waals surface area contributed by atoms with Gasteiger partial charge in [0.2, 0.25) is 0 Å². The monoisotopic (exact) mass is 295 g/mol. The van der Waals surface area contributed by atoms with Crippen LogP contribution in [0.2, 0.25) is 10.0 Å². The van der Waals surface area contributed by atoms with Gasteiger partial charge in [-0.15, -0.1) is 0 Å². The number of benzene rings is 2. The molecule has 0 saturated heterocycles. The van der Waals surface area contributed by atoms with Crippen LogP contribution in [0.1, 0.15) is 15.9 Å². The lowest BCUT2D eigenvalue weighted by molar-refractivity contribution is 0.0473. The second-order valence-electron chi connectivity index (χ2n) is 3.91. The molecule has 2 aromatic carbocycles. The summed E-state index contributed by atoms with van der Waals surface area (Å²) in [7, 11) is 0. The van der Waals surface area contributed by atoms with Crippen molar-refractivity contribution in [3.8, 4) is 0 Å². The van der Waals surface area contributed by atoms with E-state index in [9.17, 15) is 4.79 Å². The van der Waals surface area contributed by atoms with Crippen LogP contribution in [0.15, 0.2) is 42.5 Å². The summed E-state index contributed by atoms with van der Waals surface area (Å²) in [6.45, 7) is 0.0720. The van der Waals surface area contributed by atoms with Gasteiger partial charge in [0.05, 0.1) is 15.6 Å². The van der Waals surface area contributed by atoms with Crippen molar-refractivity contribution in [3.63, 3.8) is 0 Å². The minimum Gasteiger partial charge on any atom is -0.457 e. The highest BCUT2D eigenvalue weighted by Gasteiger charge is 2.09. The third-order valence-electron chi connectivity index (χ3n) is 2.54. The minimum atomic E-state index is -0.434. The van der Waals surface area contributed by atoms with Crippen LogP contribution in [0.4, 0.5) is 5.69 Å². The molecule has 2 rings (SSSR count). The molecule has 0 aliphatic carbocycles. The minimum absolute atomic E-state index is 0.0720. The molecule has 0 aromatic heterocycles. The number of ether oxygens (including phenoxy) is 1. The van der Waals surface area contributed by atoms with E-state index < -0.39 is 5.97 Å². The van der Waals surface area contributed by atoms with Gasteiger partial charge in [0.15, 0.2) is 0 Å². The van der Waals surface area contributed by atoms with Crippen molar-refractivity contribution in [3.05, 3.63) is 63.6 Å². The van der Waals surface area contributed by atoms with Gasteiger partial charge in [0.1, 0.15) is 6.61 Å². The first-order chi connectivity index (χ1) is 9.08. The number of carbonyl (C=O) groups is 1. The van der Waals surface area contributed by atoms with Crippen molar-refractivity contribution < 1.29 is 9.53 Å². The molecule has 2 aromatic rings. The van der Waals surface area contributed by atoms with Gasteiger partial charge in [-0.25, -0.2) is 4.79 Å². The Hall–Kier alpha value is -1.71. The van der Waals surface area contributed by atoms with E-state index in [1.54, 1.807) is 42.5 Å². The average Bonchev–Trinajstić information content (AvgIpc) is 2.41. The molecule has 19 heavy (non-hydrogen) atoms. The zero-order chi connectivity index (χ0) is 13.8. The molecule has 0 bridgehead atoms. The highest BCUT2D eigenvalue weighted by molar-refractivity contribution is 6.42. The van der Waals surface area contributed by atoms with Crippen LogP contribution in [-0.4, -0.2) is 5.97 Å². The molecule has 0 saturated carbocycles. The first-order valence-electron chi connectivity index (χ1n) is 5.53. The Bertz CT molecular complexity index is 597. The summed E-state index contributed by atoms with van der Waals surface area (Å²) in [6, 6.07) is 11.7. The Morgan fingerprint density at radius 1 is 1.11 bits per heavy atom. The van der Waals surface area contributed by atoms with E-state index in [1.165, 1.54) is 0 Å². The zero-order valence-electron chi connectivity index (χ0n) is 9.90. The first kappa shape index (κ1) is 13.7. The fourth-order valence-electron chi connectivity index (χ4n) is 1.51. The van der Waals surface area contributed by atoms with E-state index >= 15 is 0 Å². The number of rotatable bonds is 3. The second kappa shape index (κ2) is 5.95. The van der Waals surface area contributed by atoms with Crippen LogP contribution in [0.3, 0.4) is 0 Å². The standard InChI is InChI=1S/C14H11Cl2NO2/c15-12-3-1-2-10(13(12)16)8-19-14(18)9-4-6-11(17)7-5-9/h1-7H,8,17H2. The topological polar surface area (TPSA) is 52.3 Å². The molecule has 0 heterocycles. The molecular weight excluding hydrogens is 285 g/mol. The molecule has 0 unspecified atom stereocenters. The zero-order valence-corrected chi connectivity index (χ0v) is 11.4. The Balaban J connectivity index is 2.04. The van der Waals surface area contributed by atoms with E-state index in [2.05, 4.69) is 0 Å². The van der Waals surface area contributed by atoms with E-state index in [-0.39, 0.29) is 6.61 Å². The maximum absolute atomic E-state index is 11.8. The van der Waals surface area contributed by atoms with Crippen LogP contribution in [-0.2, 0) is 11.3 Å². The lowest BCUT2D eigenvalue weighted by atomic mass is 10.2. The van der Waals surface area contributed by atoms with Crippen molar-refractivity contribution in [2.75, 3.05) is 5.73 Å². The molecule has 0 fully saturated rings. The number of carbonyl (C=O) groups excluding carboxylic acids is 1. The third kappa shape index (κ3) is 3.40. The Labute approximate surface area is 120 Å². The lowest BCUT2D eigenvalue weighted by Gasteiger charge is -2.07. The van der Waals surface area contributed by atoms with Crippen molar-refractivity contribution in [1.82, 2.24) is 0 Å². The van der Waals surface area contributed by atoms with Gasteiger partial charge < -0.3 is 10.5 Å². The summed E-state index contributed by atoms with van der Waals surface area (Å²) in [5.41, 5.74) is 7.24. The molecule has 0 aliphatic heterocycles. The van der Waals surface area contributed by atoms with Crippen LogP contribution in [0.5, 0.6) is 0 Å². The van der Waals surface area contributed by atoms with Crippen molar-refractivity contribution in [2.24, 2.45) is 0 Å². The van der Waals surface area contributed by atoms with E-state index in [4.69, 9.17) is 33.7 Å². The molecule has 3 nitrogen and oxygen atoms in total. The fraction of sp³-hybridized carbons (Fsp3) is 0.0714. The first-order valence-corrected chi connectivity index (χ1v) is 6.29. The third-order valence-corrected chi connectivity index (χ3v) is 3.39. The summed E-state index contributed by atoms with van der Waals surface area (Å²) in [6.07, 6.45) is 0. The largest absolute Gasteiger partial charge is 0.457 e. The van der Waals surface area contributed by atoms with Crippen molar-refractivity contribution >= 4 is 34.9 Å². The Kier molecular flexibility index (Phi) is 4.30. The van der Waals surface area contributed by atoms with Gasteiger partial charge in [-0.1, -0.05) is 35.3 Å². The molecule has 5 heteroatoms. The molecule has 0 atom stereocenters. The van der Waals surface area contributed by atoms with Crippen molar-refractivity contribution in [2.45, 2.75) is 6.61 Å². The predicted molar refractivity (Wildman–Crippen MR) is 76.4 cm³/mol. The quantitative estimate of drug-likeness (QED) is 0.689. The second-order valence-corrected chi connectivity index (χ2v) is 4.70. The van der Waals surface area contributed by atoms with Crippen LogP contribution < -0.4 is 5.73 Å². The van der Waals surface area contributed by atoms with Crippen LogP contribution in [0.25, 0.3) is 0 Å². The summed E-state index contributed by atoms with van der Waals surface area (Å²) in [5.74, 6) is -0.434. The van der Waals surface area contributed by atoms with Gasteiger partial charge in [0, 0.05) is 11.3 Å². The SMILES string of the molecule is Nc1ccc(C(=O)OCc2cccc(Cl)c2Cl)cc1. The molecule has 0 radical (unpaired) electrons. The van der Waals surface area contributed by atoms with Gasteiger partial charge in [-0.3, -0.25) is 0 Å². The average molecular weight is 296 g/mol. The highest BCUT2D eigenvalue weighted by atomic mass is 35.5. The molecule has 0 aliphatic rings. The van der Waals surface area contributed by atoms with Gasteiger partial charge in [-0.2, -0.15) is 0 Å². The fourth-order valence-corrected chi connectivity index (χ4v) is 1.88. The van der Waals surface area contributed by atoms with Gasteiger partial charge in [-0.05, 0) is 30.3 Å². The van der Waals surface area contributed by atoms with Crippen LogP contribution >= 0.6 is 23.2 Å². The highest BCUT2D eigenvalue weighted by Crippen LogP contribution is 2.26. The molecule has 0 amide bonds. The van der Waals surface area contributed by atoms with Crippen molar-refractivity contribution in [1.29, 1.82) is 0 Å². The van der Waals surface area contributed by atoms with Gasteiger partial charge in [0.25, 0.3) is 0 Å². The van der Waals surface area contributed by atoms with E-state index in [0.29, 0.717) is 26.9 Å². The Morgan fingerprint density at radius 2 is 1.79 bits per heavy atom. The predicted octanol–water partition coefficient (Wildman–Crippen LogP) is 3.93. The van der Waals surface area contributed by atoms with E-state index in [1.807, 2.05) is 0 Å². The smallest absolute Gasteiger partial charge is 0.338 e. The van der Waals surface area contributed by atoms with E-state index in [0.717, 1.165) is 0 Å². The molecule has 2 N–H and O–H groups in total. The maximum Gasteiger partial charge on any atom is 0.338 e. The number of anilines is 1. The number of halogens is 2. The maximum atomic E-state index is 11.8. The summed E-state index contributed by atoms with van der Waals surface area (Å²) in [5, 5.41) is 0.831. The summed E-state index contributed by atoms with van der Waals surface area (Å²) < 4.78 is 5.17. The number of nitrogen functional groups attached to an aromatic ring is 1. The lowest BCUT2D eigenvalue weighted by Crippen LogP contribution is -2.05.